The van der Waals surface area contributed by atoms with E-state index < -0.39 is 0 Å². The van der Waals surface area contributed by atoms with Crippen molar-refractivity contribution in [3.8, 4) is 0 Å². The Bertz CT molecular complexity index is 553. The summed E-state index contributed by atoms with van der Waals surface area (Å²) in [7, 11) is 5.55. The minimum Gasteiger partial charge on any atom is -0.469 e. The fourth-order valence-corrected chi connectivity index (χ4v) is 5.18. The number of rotatable bonds is 4. The van der Waals surface area contributed by atoms with Crippen LogP contribution in [0.25, 0.3) is 0 Å². The minimum atomic E-state index is -0.106. The number of carbonyl (C=O) groups is 1. The molecule has 7 heteroatoms. The van der Waals surface area contributed by atoms with Crippen LogP contribution in [0.5, 0.6) is 0 Å². The number of ether oxygens (including phenoxy) is 1. The fourth-order valence-electron chi connectivity index (χ4n) is 5.18. The number of carbonyl (C=O) groups excluding carboxylic acids is 1. The van der Waals surface area contributed by atoms with Crippen LogP contribution >= 0.6 is 0 Å². The number of guanidine groups is 1. The van der Waals surface area contributed by atoms with Gasteiger partial charge in [-0.25, -0.2) is 0 Å². The first-order chi connectivity index (χ1) is 13.5. The zero-order valence-electron chi connectivity index (χ0n) is 18.2. The summed E-state index contributed by atoms with van der Waals surface area (Å²) < 4.78 is 4.99. The normalized spacial score (nSPS) is 29.7. The van der Waals surface area contributed by atoms with Crippen molar-refractivity contribution >= 4 is 11.9 Å². The van der Waals surface area contributed by atoms with Crippen molar-refractivity contribution in [2.45, 2.75) is 44.6 Å². The molecule has 2 atom stereocenters. The van der Waals surface area contributed by atoms with Crippen molar-refractivity contribution in [3.63, 3.8) is 0 Å². The first-order valence-electron chi connectivity index (χ1n) is 11.0. The molecular formula is C21H39N5O2. The Morgan fingerprint density at radius 2 is 1.82 bits per heavy atom. The summed E-state index contributed by atoms with van der Waals surface area (Å²) in [6.45, 7) is 9.34. The molecular weight excluding hydrogens is 354 g/mol. The van der Waals surface area contributed by atoms with E-state index in [1.165, 1.54) is 52.3 Å². The van der Waals surface area contributed by atoms with Crippen molar-refractivity contribution in [2.75, 3.05) is 67.0 Å². The van der Waals surface area contributed by atoms with E-state index in [2.05, 4.69) is 39.0 Å². The van der Waals surface area contributed by atoms with Gasteiger partial charge in [0, 0.05) is 32.2 Å². The average molecular weight is 394 g/mol. The van der Waals surface area contributed by atoms with E-state index in [1.807, 2.05) is 7.05 Å². The molecule has 1 N–H and O–H groups in total. The maximum atomic E-state index is 12.1. The molecule has 3 heterocycles. The molecule has 3 rings (SSSR count). The van der Waals surface area contributed by atoms with Gasteiger partial charge in [-0.1, -0.05) is 13.3 Å². The molecule has 160 valence electrons. The number of esters is 1. The zero-order chi connectivity index (χ0) is 20.1. The molecule has 0 amide bonds. The molecule has 0 aromatic carbocycles. The van der Waals surface area contributed by atoms with Crippen molar-refractivity contribution in [1.29, 1.82) is 0 Å². The van der Waals surface area contributed by atoms with Gasteiger partial charge in [0.2, 0.25) is 0 Å². The summed E-state index contributed by atoms with van der Waals surface area (Å²) in [5.74, 6) is 1.03. The lowest BCUT2D eigenvalue weighted by molar-refractivity contribution is -0.145. The lowest BCUT2D eigenvalue weighted by Crippen LogP contribution is -2.62. The number of hydrogen-bond acceptors (Lipinski definition) is 5. The van der Waals surface area contributed by atoms with E-state index >= 15 is 0 Å². The lowest BCUT2D eigenvalue weighted by Gasteiger charge is -2.50. The predicted octanol–water partition coefficient (Wildman–Crippen LogP) is 1.25. The largest absolute Gasteiger partial charge is 0.469 e. The molecule has 3 fully saturated rings. The number of likely N-dealkylation sites (tertiary alicyclic amines) is 3. The number of methoxy groups -OCH3 is 1. The molecule has 0 saturated carbocycles. The number of nitrogens with one attached hydrogen (secondary N) is 1. The van der Waals surface area contributed by atoms with Crippen LogP contribution in [0.4, 0.5) is 0 Å². The van der Waals surface area contributed by atoms with Crippen molar-refractivity contribution in [1.82, 2.24) is 20.0 Å². The van der Waals surface area contributed by atoms with Gasteiger partial charge in [-0.15, -0.1) is 0 Å². The molecule has 0 aromatic heterocycles. The second kappa shape index (κ2) is 9.44. The van der Waals surface area contributed by atoms with Crippen LogP contribution in [-0.4, -0.2) is 99.2 Å². The Morgan fingerprint density at radius 3 is 2.43 bits per heavy atom. The van der Waals surface area contributed by atoms with Gasteiger partial charge >= 0.3 is 5.97 Å². The number of hydrogen-bond donors (Lipinski definition) is 1. The summed E-state index contributed by atoms with van der Waals surface area (Å²) in [5.41, 5.74) is 0.218. The Labute approximate surface area is 170 Å². The fraction of sp³-hybridized carbons (Fsp3) is 0.905. The highest BCUT2D eigenvalue weighted by Gasteiger charge is 2.41. The maximum Gasteiger partial charge on any atom is 0.310 e. The van der Waals surface area contributed by atoms with E-state index in [0.29, 0.717) is 6.54 Å². The smallest absolute Gasteiger partial charge is 0.310 e. The van der Waals surface area contributed by atoms with Crippen LogP contribution < -0.4 is 5.32 Å². The molecule has 3 aliphatic heterocycles. The van der Waals surface area contributed by atoms with E-state index in [4.69, 9.17) is 4.74 Å². The summed E-state index contributed by atoms with van der Waals surface area (Å²) in [6, 6.07) is 0. The molecule has 3 saturated heterocycles. The number of aliphatic imine (C=N–C) groups is 1. The third kappa shape index (κ3) is 4.62. The summed E-state index contributed by atoms with van der Waals surface area (Å²) >= 11 is 0. The van der Waals surface area contributed by atoms with E-state index in [-0.39, 0.29) is 23.3 Å². The zero-order valence-corrected chi connectivity index (χ0v) is 18.2. The van der Waals surface area contributed by atoms with Gasteiger partial charge in [-0.2, -0.15) is 0 Å². The van der Waals surface area contributed by atoms with Crippen LogP contribution in [-0.2, 0) is 9.53 Å². The Balaban J connectivity index is 1.65. The van der Waals surface area contributed by atoms with Crippen LogP contribution in [0.3, 0.4) is 0 Å². The molecule has 2 unspecified atom stereocenters. The van der Waals surface area contributed by atoms with Gasteiger partial charge in [0.1, 0.15) is 0 Å². The third-order valence-electron chi connectivity index (χ3n) is 7.15. The summed E-state index contributed by atoms with van der Waals surface area (Å²) in [4.78, 5) is 24.0. The lowest BCUT2D eigenvalue weighted by atomic mass is 9.84. The average Bonchev–Trinajstić information content (AvgIpc) is 3.11. The monoisotopic (exact) mass is 393 g/mol. The molecule has 28 heavy (non-hydrogen) atoms. The molecule has 7 nitrogen and oxygen atoms in total. The van der Waals surface area contributed by atoms with Gasteiger partial charge < -0.3 is 19.9 Å². The highest BCUT2D eigenvalue weighted by Crippen LogP contribution is 2.31. The highest BCUT2D eigenvalue weighted by atomic mass is 16.5. The van der Waals surface area contributed by atoms with Gasteiger partial charge in [-0.3, -0.25) is 14.7 Å². The Hall–Kier alpha value is -1.34. The number of piperidine rings is 2. The van der Waals surface area contributed by atoms with Crippen molar-refractivity contribution in [3.05, 3.63) is 0 Å². The standard InChI is InChI=1S/C21H39N5O2/c1-17-14-25(15-18(17)19(27)28-4)20(22-2)23-16-21(8-12-24(3)13-9-21)26-10-6-5-7-11-26/h17-18H,5-16H2,1-4H3,(H,22,23). The molecule has 0 aliphatic carbocycles. The minimum absolute atomic E-state index is 0.0667. The van der Waals surface area contributed by atoms with Crippen molar-refractivity contribution in [2.24, 2.45) is 16.8 Å². The van der Waals surface area contributed by atoms with Gasteiger partial charge in [-0.05, 0) is 64.8 Å². The summed E-state index contributed by atoms with van der Waals surface area (Å²) in [6.07, 6.45) is 6.40. The topological polar surface area (TPSA) is 60.4 Å². The Morgan fingerprint density at radius 1 is 1.14 bits per heavy atom. The van der Waals surface area contributed by atoms with Gasteiger partial charge in [0.05, 0.1) is 13.0 Å². The van der Waals surface area contributed by atoms with E-state index in [1.54, 1.807) is 0 Å². The van der Waals surface area contributed by atoms with Crippen LogP contribution in [0.1, 0.15) is 39.0 Å². The quantitative estimate of drug-likeness (QED) is 0.441. The predicted molar refractivity (Wildman–Crippen MR) is 112 cm³/mol. The molecule has 0 bridgehead atoms. The van der Waals surface area contributed by atoms with Crippen LogP contribution in [0.2, 0.25) is 0 Å². The van der Waals surface area contributed by atoms with Crippen molar-refractivity contribution < 1.29 is 9.53 Å². The molecule has 3 aliphatic rings. The van der Waals surface area contributed by atoms with Crippen LogP contribution in [0, 0.1) is 11.8 Å². The van der Waals surface area contributed by atoms with E-state index in [0.717, 1.165) is 32.1 Å². The highest BCUT2D eigenvalue weighted by molar-refractivity contribution is 5.82. The first kappa shape index (κ1) is 21.4. The molecule has 0 spiro atoms. The molecule has 0 aromatic rings. The first-order valence-corrected chi connectivity index (χ1v) is 11.0. The third-order valence-corrected chi connectivity index (χ3v) is 7.15. The SMILES string of the molecule is CN=C(NCC1(N2CCCCC2)CCN(C)CC1)N1CC(C)C(C(=O)OC)C1. The molecule has 0 radical (unpaired) electrons. The Kier molecular flexibility index (Phi) is 7.20. The van der Waals surface area contributed by atoms with Gasteiger partial charge in [0.15, 0.2) is 5.96 Å². The summed E-state index contributed by atoms with van der Waals surface area (Å²) in [5, 5.41) is 3.70. The van der Waals surface area contributed by atoms with E-state index in [9.17, 15) is 4.79 Å². The van der Waals surface area contributed by atoms with Gasteiger partial charge in [0.25, 0.3) is 0 Å². The second-order valence-electron chi connectivity index (χ2n) is 8.99. The maximum absolute atomic E-state index is 12.1. The number of nitrogens with zero attached hydrogens (tertiary/aromatic N) is 4. The second-order valence-corrected chi connectivity index (χ2v) is 8.99. The van der Waals surface area contributed by atoms with Crippen LogP contribution in [0.15, 0.2) is 4.99 Å².